The van der Waals surface area contributed by atoms with Crippen LogP contribution in [0.5, 0.6) is 0 Å². The van der Waals surface area contributed by atoms with Crippen LogP contribution < -0.4 is 5.73 Å². The first-order chi connectivity index (χ1) is 4.17. The normalized spacial score (nSPS) is 33.0. The SMILES string of the molecule is CC1(C)COCC1CN. The van der Waals surface area contributed by atoms with Crippen LogP contribution in [-0.2, 0) is 4.74 Å². The minimum atomic E-state index is 0.314. The van der Waals surface area contributed by atoms with Gasteiger partial charge in [-0.3, -0.25) is 0 Å². The van der Waals surface area contributed by atoms with Crippen LogP contribution in [0.1, 0.15) is 13.8 Å². The molecule has 1 atom stereocenters. The summed E-state index contributed by atoms with van der Waals surface area (Å²) < 4.78 is 5.28. The summed E-state index contributed by atoms with van der Waals surface area (Å²) in [6.07, 6.45) is 0. The third-order valence-corrected chi connectivity index (χ3v) is 2.18. The van der Waals surface area contributed by atoms with Gasteiger partial charge in [0, 0.05) is 5.92 Å². The van der Waals surface area contributed by atoms with E-state index in [1.165, 1.54) is 0 Å². The Morgan fingerprint density at radius 3 is 2.56 bits per heavy atom. The molecule has 1 heterocycles. The van der Waals surface area contributed by atoms with E-state index in [-0.39, 0.29) is 0 Å². The van der Waals surface area contributed by atoms with E-state index < -0.39 is 0 Å². The number of hydrogen-bond donors (Lipinski definition) is 1. The highest BCUT2D eigenvalue weighted by Gasteiger charge is 2.34. The Kier molecular flexibility index (Phi) is 1.78. The first-order valence-electron chi connectivity index (χ1n) is 3.44. The Morgan fingerprint density at radius 1 is 1.67 bits per heavy atom. The van der Waals surface area contributed by atoms with Gasteiger partial charge < -0.3 is 10.5 Å². The Balaban J connectivity index is 2.52. The molecule has 2 nitrogen and oxygen atoms in total. The van der Waals surface area contributed by atoms with Gasteiger partial charge in [-0.2, -0.15) is 0 Å². The zero-order valence-electron chi connectivity index (χ0n) is 6.18. The predicted molar refractivity (Wildman–Crippen MR) is 37.1 cm³/mol. The van der Waals surface area contributed by atoms with Crippen molar-refractivity contribution < 1.29 is 4.74 Å². The molecule has 0 amide bonds. The Labute approximate surface area is 56.4 Å². The molecule has 9 heavy (non-hydrogen) atoms. The van der Waals surface area contributed by atoms with Crippen molar-refractivity contribution in [3.8, 4) is 0 Å². The highest BCUT2D eigenvalue weighted by Crippen LogP contribution is 2.31. The molecule has 1 rings (SSSR count). The van der Waals surface area contributed by atoms with Crippen molar-refractivity contribution in [2.24, 2.45) is 17.1 Å². The zero-order chi connectivity index (χ0) is 6.91. The largest absolute Gasteiger partial charge is 0.381 e. The second-order valence-corrected chi connectivity index (χ2v) is 3.44. The van der Waals surface area contributed by atoms with Crippen LogP contribution in [0.25, 0.3) is 0 Å². The van der Waals surface area contributed by atoms with E-state index in [1.807, 2.05) is 0 Å². The molecule has 1 aliphatic rings. The monoisotopic (exact) mass is 129 g/mol. The van der Waals surface area contributed by atoms with E-state index in [2.05, 4.69) is 13.8 Å². The molecule has 0 saturated carbocycles. The van der Waals surface area contributed by atoms with Crippen molar-refractivity contribution in [3.63, 3.8) is 0 Å². The Bertz CT molecular complexity index is 101. The van der Waals surface area contributed by atoms with Crippen LogP contribution >= 0.6 is 0 Å². The lowest BCUT2D eigenvalue weighted by Gasteiger charge is -2.22. The zero-order valence-corrected chi connectivity index (χ0v) is 6.18. The van der Waals surface area contributed by atoms with Crippen molar-refractivity contribution in [1.82, 2.24) is 0 Å². The summed E-state index contributed by atoms with van der Waals surface area (Å²) in [5.41, 5.74) is 5.84. The molecule has 0 spiro atoms. The summed E-state index contributed by atoms with van der Waals surface area (Å²) in [6.45, 7) is 6.89. The minimum Gasteiger partial charge on any atom is -0.381 e. The van der Waals surface area contributed by atoms with Gasteiger partial charge in [-0.1, -0.05) is 13.8 Å². The third kappa shape index (κ3) is 1.25. The van der Waals surface area contributed by atoms with Gasteiger partial charge in [0.05, 0.1) is 13.2 Å². The lowest BCUT2D eigenvalue weighted by Crippen LogP contribution is -2.28. The predicted octanol–water partition coefficient (Wildman–Crippen LogP) is 0.618. The maximum Gasteiger partial charge on any atom is 0.0521 e. The third-order valence-electron chi connectivity index (χ3n) is 2.18. The maximum atomic E-state index is 5.53. The molecule has 0 aliphatic carbocycles. The lowest BCUT2D eigenvalue weighted by molar-refractivity contribution is 0.166. The smallest absolute Gasteiger partial charge is 0.0521 e. The highest BCUT2D eigenvalue weighted by atomic mass is 16.5. The molecule has 2 N–H and O–H groups in total. The number of ether oxygens (including phenoxy) is 1. The number of hydrogen-bond acceptors (Lipinski definition) is 2. The van der Waals surface area contributed by atoms with Crippen LogP contribution in [0, 0.1) is 11.3 Å². The molecule has 0 radical (unpaired) electrons. The first-order valence-corrected chi connectivity index (χ1v) is 3.44. The Hall–Kier alpha value is -0.0800. The number of nitrogens with two attached hydrogens (primary N) is 1. The van der Waals surface area contributed by atoms with Crippen molar-refractivity contribution in [2.75, 3.05) is 19.8 Å². The van der Waals surface area contributed by atoms with Gasteiger partial charge in [0.1, 0.15) is 0 Å². The van der Waals surface area contributed by atoms with Crippen molar-refractivity contribution >= 4 is 0 Å². The highest BCUT2D eigenvalue weighted by molar-refractivity contribution is 4.83. The average molecular weight is 129 g/mol. The molecule has 1 saturated heterocycles. The van der Waals surface area contributed by atoms with Gasteiger partial charge in [0.25, 0.3) is 0 Å². The van der Waals surface area contributed by atoms with E-state index in [4.69, 9.17) is 10.5 Å². The van der Waals surface area contributed by atoms with Gasteiger partial charge in [0.15, 0.2) is 0 Å². The van der Waals surface area contributed by atoms with Crippen LogP contribution in [0.15, 0.2) is 0 Å². The minimum absolute atomic E-state index is 0.314. The maximum absolute atomic E-state index is 5.53. The van der Waals surface area contributed by atoms with Gasteiger partial charge in [-0.15, -0.1) is 0 Å². The average Bonchev–Trinajstić information content (AvgIpc) is 2.08. The van der Waals surface area contributed by atoms with E-state index in [1.54, 1.807) is 0 Å². The van der Waals surface area contributed by atoms with Gasteiger partial charge in [-0.05, 0) is 12.0 Å². The summed E-state index contributed by atoms with van der Waals surface area (Å²) in [6, 6.07) is 0. The van der Waals surface area contributed by atoms with Crippen LogP contribution in [-0.4, -0.2) is 19.8 Å². The van der Waals surface area contributed by atoms with Gasteiger partial charge in [0.2, 0.25) is 0 Å². The van der Waals surface area contributed by atoms with Crippen molar-refractivity contribution in [3.05, 3.63) is 0 Å². The Morgan fingerprint density at radius 2 is 2.33 bits per heavy atom. The van der Waals surface area contributed by atoms with Crippen LogP contribution in [0.2, 0.25) is 0 Å². The molecule has 1 fully saturated rings. The summed E-state index contributed by atoms with van der Waals surface area (Å²) in [5.74, 6) is 0.567. The quantitative estimate of drug-likeness (QED) is 0.563. The molecule has 54 valence electrons. The van der Waals surface area contributed by atoms with E-state index in [9.17, 15) is 0 Å². The topological polar surface area (TPSA) is 35.2 Å². The van der Waals surface area contributed by atoms with Crippen LogP contribution in [0.3, 0.4) is 0 Å². The number of rotatable bonds is 1. The molecular weight excluding hydrogens is 114 g/mol. The molecule has 1 aliphatic heterocycles. The fourth-order valence-electron chi connectivity index (χ4n) is 1.19. The molecule has 0 bridgehead atoms. The molecule has 2 heteroatoms. The summed E-state index contributed by atoms with van der Waals surface area (Å²) in [5, 5.41) is 0. The summed E-state index contributed by atoms with van der Waals surface area (Å²) in [7, 11) is 0. The molecule has 0 aromatic rings. The fraction of sp³-hybridized carbons (Fsp3) is 1.00. The van der Waals surface area contributed by atoms with Crippen molar-refractivity contribution in [1.29, 1.82) is 0 Å². The second kappa shape index (κ2) is 2.27. The van der Waals surface area contributed by atoms with E-state index in [0.717, 1.165) is 19.8 Å². The van der Waals surface area contributed by atoms with Gasteiger partial charge >= 0.3 is 0 Å². The van der Waals surface area contributed by atoms with Gasteiger partial charge in [-0.25, -0.2) is 0 Å². The summed E-state index contributed by atoms with van der Waals surface area (Å²) >= 11 is 0. The van der Waals surface area contributed by atoms with E-state index in [0.29, 0.717) is 11.3 Å². The molecule has 1 unspecified atom stereocenters. The lowest BCUT2D eigenvalue weighted by atomic mass is 9.82. The fourth-order valence-corrected chi connectivity index (χ4v) is 1.19. The standard InChI is InChI=1S/C7H15NO/c1-7(2)5-9-4-6(7)3-8/h6H,3-5,8H2,1-2H3. The second-order valence-electron chi connectivity index (χ2n) is 3.44. The van der Waals surface area contributed by atoms with Crippen molar-refractivity contribution in [2.45, 2.75) is 13.8 Å². The molecule has 0 aromatic heterocycles. The molecule has 0 aromatic carbocycles. The van der Waals surface area contributed by atoms with E-state index >= 15 is 0 Å². The summed E-state index contributed by atoms with van der Waals surface area (Å²) in [4.78, 5) is 0. The molecular formula is C7H15NO. The first kappa shape index (κ1) is 7.03. The van der Waals surface area contributed by atoms with Crippen LogP contribution in [0.4, 0.5) is 0 Å².